The third-order valence-corrected chi connectivity index (χ3v) is 2.59. The first-order chi connectivity index (χ1) is 10.1. The Bertz CT molecular complexity index is 558. The van der Waals surface area contributed by atoms with Crippen LogP contribution in [-0.4, -0.2) is 32.6 Å². The normalized spacial score (nSPS) is 10.8. The minimum absolute atomic E-state index is 0.337. The summed E-state index contributed by atoms with van der Waals surface area (Å²) in [6, 6.07) is 4.81. The highest BCUT2D eigenvalue weighted by Crippen LogP contribution is 2.24. The lowest BCUT2D eigenvalue weighted by Crippen LogP contribution is -2.13. The quantitative estimate of drug-likeness (QED) is 0.334. The Morgan fingerprint density at radius 2 is 1.90 bits per heavy atom. The molecule has 0 amide bonds. The van der Waals surface area contributed by atoms with Gasteiger partial charge in [0, 0.05) is 12.1 Å². The molecule has 0 radical (unpaired) electrons. The van der Waals surface area contributed by atoms with Gasteiger partial charge in [0.25, 0.3) is 0 Å². The minimum Gasteiger partial charge on any atom is -0.497 e. The number of ketones is 1. The standard InChI is InChI=1S/C16H18O5/c1-4-5-6-7-16(18)21-11-14(17)13-9-8-12(19-2)10-15(13)20-3/h4-10H,11H2,1-3H3. The van der Waals surface area contributed by atoms with Crippen molar-refractivity contribution in [2.45, 2.75) is 6.92 Å². The maximum absolute atomic E-state index is 12.0. The lowest BCUT2D eigenvalue weighted by Gasteiger charge is -2.09. The zero-order valence-electron chi connectivity index (χ0n) is 12.3. The summed E-state index contributed by atoms with van der Waals surface area (Å²) >= 11 is 0. The molecule has 0 heterocycles. The Morgan fingerprint density at radius 3 is 2.52 bits per heavy atom. The number of Topliss-reactive ketones (excluding diaryl/α,β-unsaturated/α-hetero) is 1. The van der Waals surface area contributed by atoms with Crippen molar-refractivity contribution >= 4 is 11.8 Å². The van der Waals surface area contributed by atoms with E-state index in [2.05, 4.69) is 0 Å². The Balaban J connectivity index is 2.69. The van der Waals surface area contributed by atoms with Gasteiger partial charge < -0.3 is 14.2 Å². The van der Waals surface area contributed by atoms with E-state index < -0.39 is 5.97 Å². The number of allylic oxidation sites excluding steroid dienone is 3. The summed E-state index contributed by atoms with van der Waals surface area (Å²) in [7, 11) is 2.98. The van der Waals surface area contributed by atoms with Crippen LogP contribution in [0.25, 0.3) is 0 Å². The van der Waals surface area contributed by atoms with Gasteiger partial charge in [0.1, 0.15) is 11.5 Å². The van der Waals surface area contributed by atoms with Crippen molar-refractivity contribution in [3.63, 3.8) is 0 Å². The van der Waals surface area contributed by atoms with Crippen molar-refractivity contribution in [2.24, 2.45) is 0 Å². The van der Waals surface area contributed by atoms with Gasteiger partial charge in [-0.05, 0) is 19.1 Å². The predicted octanol–water partition coefficient (Wildman–Crippen LogP) is 2.56. The highest BCUT2D eigenvalue weighted by atomic mass is 16.5. The molecular formula is C16H18O5. The molecule has 5 heteroatoms. The van der Waals surface area contributed by atoms with Crippen LogP contribution in [0.2, 0.25) is 0 Å². The van der Waals surface area contributed by atoms with Crippen LogP contribution in [0.15, 0.2) is 42.5 Å². The van der Waals surface area contributed by atoms with E-state index in [-0.39, 0.29) is 12.4 Å². The number of carbonyl (C=O) groups excluding carboxylic acids is 2. The summed E-state index contributed by atoms with van der Waals surface area (Å²) in [4.78, 5) is 23.4. The Kier molecular flexibility index (Phi) is 6.74. The van der Waals surface area contributed by atoms with E-state index in [4.69, 9.17) is 14.2 Å². The molecule has 0 unspecified atom stereocenters. The molecule has 0 atom stereocenters. The Labute approximate surface area is 123 Å². The molecule has 0 saturated heterocycles. The fraction of sp³-hybridized carbons (Fsp3) is 0.250. The maximum Gasteiger partial charge on any atom is 0.331 e. The zero-order chi connectivity index (χ0) is 15.7. The predicted molar refractivity (Wildman–Crippen MR) is 78.8 cm³/mol. The molecule has 0 N–H and O–H groups in total. The molecule has 0 aliphatic carbocycles. The summed E-state index contributed by atoms with van der Waals surface area (Å²) in [5.41, 5.74) is 0.337. The molecule has 0 fully saturated rings. The van der Waals surface area contributed by atoms with E-state index in [1.807, 2.05) is 6.92 Å². The Hall–Kier alpha value is -2.56. The van der Waals surface area contributed by atoms with Crippen LogP contribution in [0.1, 0.15) is 17.3 Å². The number of rotatable bonds is 7. The highest BCUT2D eigenvalue weighted by Gasteiger charge is 2.14. The number of carbonyl (C=O) groups is 2. The fourth-order valence-corrected chi connectivity index (χ4v) is 1.54. The molecule has 5 nitrogen and oxygen atoms in total. The van der Waals surface area contributed by atoms with Gasteiger partial charge in [-0.1, -0.05) is 18.2 Å². The largest absolute Gasteiger partial charge is 0.497 e. The molecule has 1 aromatic rings. The third kappa shape index (κ3) is 5.14. The van der Waals surface area contributed by atoms with E-state index >= 15 is 0 Å². The van der Waals surface area contributed by atoms with Crippen LogP contribution < -0.4 is 9.47 Å². The average Bonchev–Trinajstić information content (AvgIpc) is 2.52. The number of benzene rings is 1. The molecule has 21 heavy (non-hydrogen) atoms. The average molecular weight is 290 g/mol. The van der Waals surface area contributed by atoms with E-state index in [0.29, 0.717) is 17.1 Å². The summed E-state index contributed by atoms with van der Waals surface area (Å²) < 4.78 is 15.0. The molecule has 1 rings (SSSR count). The number of esters is 1. The molecule has 0 aliphatic heterocycles. The molecule has 0 saturated carbocycles. The van der Waals surface area contributed by atoms with Gasteiger partial charge in [-0.15, -0.1) is 0 Å². The van der Waals surface area contributed by atoms with E-state index in [0.717, 1.165) is 0 Å². The maximum atomic E-state index is 12.0. The topological polar surface area (TPSA) is 61.8 Å². The van der Waals surface area contributed by atoms with Crippen LogP contribution in [0, 0.1) is 0 Å². The van der Waals surface area contributed by atoms with Crippen molar-refractivity contribution in [2.75, 3.05) is 20.8 Å². The van der Waals surface area contributed by atoms with Crippen molar-refractivity contribution < 1.29 is 23.8 Å². The van der Waals surface area contributed by atoms with Gasteiger partial charge >= 0.3 is 5.97 Å². The highest BCUT2D eigenvalue weighted by molar-refractivity contribution is 6.01. The summed E-state index contributed by atoms with van der Waals surface area (Å²) in [6.07, 6.45) is 6.26. The first-order valence-corrected chi connectivity index (χ1v) is 6.33. The summed E-state index contributed by atoms with van der Waals surface area (Å²) in [6.45, 7) is 1.48. The van der Waals surface area contributed by atoms with Crippen molar-refractivity contribution in [3.8, 4) is 11.5 Å². The number of hydrogen-bond donors (Lipinski definition) is 0. The number of methoxy groups -OCH3 is 2. The van der Waals surface area contributed by atoms with Crippen LogP contribution in [0.3, 0.4) is 0 Å². The molecular weight excluding hydrogens is 272 g/mol. The second-order valence-corrected chi connectivity index (χ2v) is 3.98. The van der Waals surface area contributed by atoms with E-state index in [1.54, 1.807) is 36.4 Å². The Morgan fingerprint density at radius 1 is 1.14 bits per heavy atom. The zero-order valence-corrected chi connectivity index (χ0v) is 12.3. The lowest BCUT2D eigenvalue weighted by atomic mass is 10.1. The first kappa shape index (κ1) is 16.5. The van der Waals surface area contributed by atoms with Crippen LogP contribution in [-0.2, 0) is 9.53 Å². The molecule has 0 aromatic heterocycles. The monoisotopic (exact) mass is 290 g/mol. The van der Waals surface area contributed by atoms with Crippen LogP contribution >= 0.6 is 0 Å². The second-order valence-electron chi connectivity index (χ2n) is 3.98. The molecule has 0 bridgehead atoms. The van der Waals surface area contributed by atoms with Crippen molar-refractivity contribution in [3.05, 3.63) is 48.1 Å². The smallest absolute Gasteiger partial charge is 0.331 e. The van der Waals surface area contributed by atoms with E-state index in [1.165, 1.54) is 20.3 Å². The number of hydrogen-bond acceptors (Lipinski definition) is 5. The SMILES string of the molecule is CC=CC=CC(=O)OCC(=O)c1ccc(OC)cc1OC. The molecule has 0 spiro atoms. The first-order valence-electron chi connectivity index (χ1n) is 6.33. The minimum atomic E-state index is -0.575. The summed E-state index contributed by atoms with van der Waals surface area (Å²) in [5, 5.41) is 0. The fourth-order valence-electron chi connectivity index (χ4n) is 1.54. The van der Waals surface area contributed by atoms with Gasteiger partial charge in [0.05, 0.1) is 19.8 Å². The summed E-state index contributed by atoms with van der Waals surface area (Å²) in [5.74, 6) is 0.0331. The van der Waals surface area contributed by atoms with Crippen LogP contribution in [0.4, 0.5) is 0 Å². The second kappa shape index (κ2) is 8.58. The van der Waals surface area contributed by atoms with Gasteiger partial charge in [-0.2, -0.15) is 0 Å². The molecule has 112 valence electrons. The van der Waals surface area contributed by atoms with Gasteiger partial charge in [-0.3, -0.25) is 4.79 Å². The van der Waals surface area contributed by atoms with Crippen LogP contribution in [0.5, 0.6) is 11.5 Å². The molecule has 1 aromatic carbocycles. The van der Waals surface area contributed by atoms with E-state index in [9.17, 15) is 9.59 Å². The third-order valence-electron chi connectivity index (χ3n) is 2.59. The molecule has 0 aliphatic rings. The van der Waals surface area contributed by atoms with Gasteiger partial charge in [0.15, 0.2) is 6.61 Å². The van der Waals surface area contributed by atoms with Gasteiger partial charge in [-0.25, -0.2) is 4.79 Å². The lowest BCUT2D eigenvalue weighted by molar-refractivity contribution is -0.136. The number of ether oxygens (including phenoxy) is 3. The van der Waals surface area contributed by atoms with Crippen molar-refractivity contribution in [1.29, 1.82) is 0 Å². The van der Waals surface area contributed by atoms with Crippen molar-refractivity contribution in [1.82, 2.24) is 0 Å². The van der Waals surface area contributed by atoms with Gasteiger partial charge in [0.2, 0.25) is 5.78 Å².